The molecule has 1 rings (SSSR count). The fourth-order valence-electron chi connectivity index (χ4n) is 1.72. The summed E-state index contributed by atoms with van der Waals surface area (Å²) < 4.78 is 1.60. The molecule has 1 atom stereocenters. The number of nitrogens with zero attached hydrogens (tertiary/aromatic N) is 2. The monoisotopic (exact) mass is 227 g/mol. The summed E-state index contributed by atoms with van der Waals surface area (Å²) in [4.78, 5) is 11.5. The predicted molar refractivity (Wildman–Crippen MR) is 63.1 cm³/mol. The van der Waals surface area contributed by atoms with E-state index in [1.807, 2.05) is 13.8 Å². The molecule has 92 valence electrons. The number of H-pyrrole nitrogens is 1. The Hall–Kier alpha value is -1.14. The summed E-state index contributed by atoms with van der Waals surface area (Å²) in [7, 11) is 0. The van der Waals surface area contributed by atoms with E-state index in [0.29, 0.717) is 12.4 Å². The Bertz CT molecular complexity index is 368. The average Bonchev–Trinajstić information content (AvgIpc) is 2.60. The number of aromatic amines is 1. The molecule has 5 N–H and O–H groups in total. The van der Waals surface area contributed by atoms with Gasteiger partial charge in [0.15, 0.2) is 5.82 Å². The van der Waals surface area contributed by atoms with Gasteiger partial charge in [0.1, 0.15) is 0 Å². The Labute approximate surface area is 95.0 Å². The Kier molecular flexibility index (Phi) is 4.70. The molecule has 1 unspecified atom stereocenters. The molecule has 1 aromatic rings. The summed E-state index contributed by atoms with van der Waals surface area (Å²) in [6.45, 7) is 4.55. The van der Waals surface area contributed by atoms with Crippen LogP contribution in [-0.2, 0) is 0 Å². The zero-order chi connectivity index (χ0) is 12.1. The van der Waals surface area contributed by atoms with Crippen LogP contribution in [0.3, 0.4) is 0 Å². The molecule has 16 heavy (non-hydrogen) atoms. The summed E-state index contributed by atoms with van der Waals surface area (Å²) in [5, 5.41) is 6.43. The molecule has 0 aliphatic carbocycles. The molecule has 0 aromatic carbocycles. The molecule has 0 bridgehead atoms. The Morgan fingerprint density at radius 3 is 2.69 bits per heavy atom. The minimum absolute atomic E-state index is 0.0711. The Balaban J connectivity index is 2.75. The number of hydrogen-bond donors (Lipinski definition) is 3. The smallest absolute Gasteiger partial charge is 0.330 e. The van der Waals surface area contributed by atoms with Gasteiger partial charge in [-0.1, -0.05) is 6.42 Å². The molecule has 6 nitrogen and oxygen atoms in total. The molecular weight excluding hydrogens is 206 g/mol. The highest BCUT2D eigenvalue weighted by Gasteiger charge is 2.17. The molecule has 0 fully saturated rings. The van der Waals surface area contributed by atoms with Crippen molar-refractivity contribution >= 4 is 0 Å². The van der Waals surface area contributed by atoms with E-state index in [2.05, 4.69) is 10.2 Å². The van der Waals surface area contributed by atoms with Crippen molar-refractivity contribution in [3.8, 4) is 0 Å². The van der Waals surface area contributed by atoms with Gasteiger partial charge >= 0.3 is 5.69 Å². The van der Waals surface area contributed by atoms with Crippen LogP contribution < -0.4 is 17.2 Å². The van der Waals surface area contributed by atoms with Crippen molar-refractivity contribution in [3.05, 3.63) is 16.3 Å². The molecule has 0 radical (unpaired) electrons. The van der Waals surface area contributed by atoms with Crippen LogP contribution in [0.4, 0.5) is 0 Å². The van der Waals surface area contributed by atoms with Crippen LogP contribution in [-0.4, -0.2) is 21.3 Å². The molecular formula is C10H21N5O. The van der Waals surface area contributed by atoms with Gasteiger partial charge in [-0.15, -0.1) is 0 Å². The van der Waals surface area contributed by atoms with Gasteiger partial charge in [-0.25, -0.2) is 9.89 Å². The van der Waals surface area contributed by atoms with Crippen LogP contribution in [0, 0.1) is 0 Å². The zero-order valence-electron chi connectivity index (χ0n) is 9.94. The van der Waals surface area contributed by atoms with E-state index in [0.717, 1.165) is 19.3 Å². The highest BCUT2D eigenvalue weighted by Crippen LogP contribution is 2.15. The van der Waals surface area contributed by atoms with Crippen molar-refractivity contribution < 1.29 is 0 Å². The first kappa shape index (κ1) is 12.9. The Morgan fingerprint density at radius 1 is 1.44 bits per heavy atom. The fourth-order valence-corrected chi connectivity index (χ4v) is 1.72. The lowest BCUT2D eigenvalue weighted by molar-refractivity contribution is 0.491. The van der Waals surface area contributed by atoms with E-state index in [-0.39, 0.29) is 17.8 Å². The standard InChI is InChI=1S/C10H21N5O/c1-7(2)15-9(13-14-10(15)16)8(12)5-3-4-6-11/h7-8H,3-6,11-12H2,1-2H3,(H,14,16). The minimum Gasteiger partial charge on any atom is -0.330 e. The lowest BCUT2D eigenvalue weighted by atomic mass is 10.1. The first-order valence-electron chi connectivity index (χ1n) is 5.70. The maximum absolute atomic E-state index is 11.5. The van der Waals surface area contributed by atoms with Gasteiger partial charge in [-0.2, -0.15) is 5.10 Å². The van der Waals surface area contributed by atoms with E-state index < -0.39 is 0 Å². The van der Waals surface area contributed by atoms with Gasteiger partial charge in [0.2, 0.25) is 0 Å². The van der Waals surface area contributed by atoms with Gasteiger partial charge in [0.05, 0.1) is 6.04 Å². The first-order chi connectivity index (χ1) is 7.57. The fraction of sp³-hybridized carbons (Fsp3) is 0.800. The van der Waals surface area contributed by atoms with Gasteiger partial charge in [0, 0.05) is 6.04 Å². The van der Waals surface area contributed by atoms with Gasteiger partial charge in [-0.3, -0.25) is 4.57 Å². The summed E-state index contributed by atoms with van der Waals surface area (Å²) in [5.41, 5.74) is 11.2. The molecule has 6 heteroatoms. The zero-order valence-corrected chi connectivity index (χ0v) is 9.94. The average molecular weight is 227 g/mol. The lowest BCUT2D eigenvalue weighted by Gasteiger charge is -2.14. The van der Waals surface area contributed by atoms with Crippen LogP contribution >= 0.6 is 0 Å². The lowest BCUT2D eigenvalue weighted by Crippen LogP contribution is -2.25. The van der Waals surface area contributed by atoms with Crippen molar-refractivity contribution in [2.45, 2.75) is 45.2 Å². The molecule has 0 saturated heterocycles. The van der Waals surface area contributed by atoms with Crippen molar-refractivity contribution in [2.24, 2.45) is 11.5 Å². The summed E-state index contributed by atoms with van der Waals surface area (Å²) in [6.07, 6.45) is 2.70. The highest BCUT2D eigenvalue weighted by atomic mass is 16.1. The SMILES string of the molecule is CC(C)n1c(C(N)CCCCN)n[nH]c1=O. The molecule has 0 aliphatic rings. The number of aromatic nitrogens is 3. The first-order valence-corrected chi connectivity index (χ1v) is 5.70. The van der Waals surface area contributed by atoms with Gasteiger partial charge in [-0.05, 0) is 33.2 Å². The van der Waals surface area contributed by atoms with Crippen LogP contribution in [0.5, 0.6) is 0 Å². The molecule has 1 heterocycles. The normalized spacial score (nSPS) is 13.3. The van der Waals surface area contributed by atoms with Crippen LogP contribution in [0.15, 0.2) is 4.79 Å². The number of nitrogens with one attached hydrogen (secondary N) is 1. The minimum atomic E-state index is -0.201. The number of unbranched alkanes of at least 4 members (excludes halogenated alkanes) is 1. The van der Waals surface area contributed by atoms with Crippen molar-refractivity contribution in [1.82, 2.24) is 14.8 Å². The van der Waals surface area contributed by atoms with Gasteiger partial charge < -0.3 is 11.5 Å². The maximum atomic E-state index is 11.5. The van der Waals surface area contributed by atoms with Crippen molar-refractivity contribution in [2.75, 3.05) is 6.54 Å². The third-order valence-electron chi connectivity index (χ3n) is 2.55. The quantitative estimate of drug-likeness (QED) is 0.607. The molecule has 0 saturated carbocycles. The number of nitrogens with two attached hydrogens (primary N) is 2. The summed E-state index contributed by atoms with van der Waals surface area (Å²) in [6, 6.07) is -0.130. The third-order valence-corrected chi connectivity index (χ3v) is 2.55. The second-order valence-electron chi connectivity index (χ2n) is 4.24. The third kappa shape index (κ3) is 2.93. The van der Waals surface area contributed by atoms with Crippen LogP contribution in [0.2, 0.25) is 0 Å². The van der Waals surface area contributed by atoms with E-state index in [9.17, 15) is 4.79 Å². The second kappa shape index (κ2) is 5.81. The van der Waals surface area contributed by atoms with E-state index >= 15 is 0 Å². The van der Waals surface area contributed by atoms with Crippen molar-refractivity contribution in [3.63, 3.8) is 0 Å². The van der Waals surface area contributed by atoms with Crippen LogP contribution in [0.1, 0.15) is 51.0 Å². The molecule has 0 aliphatic heterocycles. The highest BCUT2D eigenvalue weighted by molar-refractivity contribution is 4.95. The predicted octanol–water partition coefficient (Wildman–Crippen LogP) is 0.281. The largest absolute Gasteiger partial charge is 0.343 e. The molecule has 0 spiro atoms. The molecule has 0 amide bonds. The topological polar surface area (TPSA) is 103 Å². The van der Waals surface area contributed by atoms with E-state index in [1.165, 1.54) is 0 Å². The molecule has 1 aromatic heterocycles. The van der Waals surface area contributed by atoms with E-state index in [4.69, 9.17) is 11.5 Å². The maximum Gasteiger partial charge on any atom is 0.343 e. The van der Waals surface area contributed by atoms with Gasteiger partial charge in [0.25, 0.3) is 0 Å². The number of rotatable bonds is 6. The van der Waals surface area contributed by atoms with E-state index in [1.54, 1.807) is 4.57 Å². The number of hydrogen-bond acceptors (Lipinski definition) is 4. The summed E-state index contributed by atoms with van der Waals surface area (Å²) >= 11 is 0. The second-order valence-corrected chi connectivity index (χ2v) is 4.24. The summed E-state index contributed by atoms with van der Waals surface area (Å²) in [5.74, 6) is 0.636. The van der Waals surface area contributed by atoms with Crippen LogP contribution in [0.25, 0.3) is 0 Å². The van der Waals surface area contributed by atoms with Crippen molar-refractivity contribution in [1.29, 1.82) is 0 Å². The Morgan fingerprint density at radius 2 is 2.12 bits per heavy atom.